The molecule has 0 aliphatic carbocycles. The van der Waals surface area contributed by atoms with E-state index in [2.05, 4.69) is 0 Å². The Hall–Kier alpha value is -1.55. The van der Waals surface area contributed by atoms with Gasteiger partial charge in [0.1, 0.15) is 5.75 Å². The van der Waals surface area contributed by atoms with E-state index in [4.69, 9.17) is 9.47 Å². The number of rotatable bonds is 7. The summed E-state index contributed by atoms with van der Waals surface area (Å²) in [4.78, 5) is 11.9. The molecule has 1 aromatic rings. The minimum Gasteiger partial charge on any atom is -0.508 e. The lowest BCUT2D eigenvalue weighted by molar-refractivity contribution is -0.160. The van der Waals surface area contributed by atoms with E-state index in [0.29, 0.717) is 13.0 Å². The first-order valence-corrected chi connectivity index (χ1v) is 6.66. The molecule has 0 amide bonds. The molecule has 0 spiro atoms. The normalized spacial score (nSPS) is 13.8. The molecule has 0 fully saturated rings. The highest BCUT2D eigenvalue weighted by molar-refractivity contribution is 5.75. The first-order valence-electron chi connectivity index (χ1n) is 6.66. The van der Waals surface area contributed by atoms with E-state index >= 15 is 0 Å². The summed E-state index contributed by atoms with van der Waals surface area (Å²) >= 11 is 0. The van der Waals surface area contributed by atoms with Crippen LogP contribution in [0, 0.1) is 0 Å². The molecule has 0 bridgehead atoms. The number of phenolic OH excluding ortho intramolecular Hbond substituents is 1. The van der Waals surface area contributed by atoms with Crippen LogP contribution in [0.3, 0.4) is 0 Å². The Kier molecular flexibility index (Phi) is 6.36. The predicted octanol–water partition coefficient (Wildman–Crippen LogP) is 2.68. The third-order valence-corrected chi connectivity index (χ3v) is 2.85. The molecular formula is C15H22O4. The standard InChI is InChI=1S/C15H22O4/c1-4-11(3)19-14(15(17)18-5-2)10-12-7-6-8-13(16)9-12/h6-9,11,14,16H,4-5,10H2,1-3H3. The zero-order valence-electron chi connectivity index (χ0n) is 11.8. The summed E-state index contributed by atoms with van der Waals surface area (Å²) in [7, 11) is 0. The monoisotopic (exact) mass is 266 g/mol. The Morgan fingerprint density at radius 3 is 2.68 bits per heavy atom. The molecule has 1 N–H and O–H groups in total. The van der Waals surface area contributed by atoms with Crippen molar-refractivity contribution in [2.45, 2.75) is 45.8 Å². The molecule has 0 aliphatic rings. The zero-order valence-corrected chi connectivity index (χ0v) is 11.8. The van der Waals surface area contributed by atoms with Crippen molar-refractivity contribution in [2.24, 2.45) is 0 Å². The van der Waals surface area contributed by atoms with Gasteiger partial charge in [0.05, 0.1) is 12.7 Å². The van der Waals surface area contributed by atoms with Crippen LogP contribution in [-0.2, 0) is 20.7 Å². The lowest BCUT2D eigenvalue weighted by Crippen LogP contribution is -2.32. The van der Waals surface area contributed by atoms with Gasteiger partial charge in [0.2, 0.25) is 0 Å². The van der Waals surface area contributed by atoms with Crippen LogP contribution in [0.4, 0.5) is 0 Å². The summed E-state index contributed by atoms with van der Waals surface area (Å²) in [6, 6.07) is 6.83. The molecule has 4 nitrogen and oxygen atoms in total. The first kappa shape index (κ1) is 15.5. The second-order valence-corrected chi connectivity index (χ2v) is 4.47. The van der Waals surface area contributed by atoms with Crippen molar-refractivity contribution in [3.63, 3.8) is 0 Å². The molecule has 2 atom stereocenters. The predicted molar refractivity (Wildman–Crippen MR) is 73.1 cm³/mol. The van der Waals surface area contributed by atoms with Gasteiger partial charge in [-0.15, -0.1) is 0 Å². The Morgan fingerprint density at radius 2 is 2.11 bits per heavy atom. The van der Waals surface area contributed by atoms with Gasteiger partial charge in [-0.3, -0.25) is 0 Å². The van der Waals surface area contributed by atoms with Gasteiger partial charge in [0.25, 0.3) is 0 Å². The average molecular weight is 266 g/mol. The second kappa shape index (κ2) is 7.79. The lowest BCUT2D eigenvalue weighted by atomic mass is 10.1. The second-order valence-electron chi connectivity index (χ2n) is 4.47. The molecule has 4 heteroatoms. The lowest BCUT2D eigenvalue weighted by Gasteiger charge is -2.20. The summed E-state index contributed by atoms with van der Waals surface area (Å²) in [6.45, 7) is 6.03. The smallest absolute Gasteiger partial charge is 0.335 e. The van der Waals surface area contributed by atoms with Crippen LogP contribution in [0.5, 0.6) is 5.75 Å². The molecule has 1 aromatic carbocycles. The van der Waals surface area contributed by atoms with E-state index in [-0.39, 0.29) is 17.8 Å². The van der Waals surface area contributed by atoms with Gasteiger partial charge in [-0.25, -0.2) is 4.79 Å². The summed E-state index contributed by atoms with van der Waals surface area (Å²) in [5.74, 6) is -0.171. The fraction of sp³-hybridized carbons (Fsp3) is 0.533. The molecule has 0 aromatic heterocycles. The number of hydrogen-bond donors (Lipinski definition) is 1. The largest absolute Gasteiger partial charge is 0.508 e. The van der Waals surface area contributed by atoms with E-state index in [0.717, 1.165) is 12.0 Å². The van der Waals surface area contributed by atoms with Crippen molar-refractivity contribution in [1.29, 1.82) is 0 Å². The van der Waals surface area contributed by atoms with Gasteiger partial charge < -0.3 is 14.6 Å². The van der Waals surface area contributed by atoms with Crippen molar-refractivity contribution in [3.05, 3.63) is 29.8 Å². The van der Waals surface area contributed by atoms with E-state index in [1.165, 1.54) is 0 Å². The van der Waals surface area contributed by atoms with Crippen molar-refractivity contribution >= 4 is 5.97 Å². The maximum absolute atomic E-state index is 11.9. The number of aromatic hydroxyl groups is 1. The van der Waals surface area contributed by atoms with E-state index in [1.807, 2.05) is 19.9 Å². The number of carbonyl (C=O) groups is 1. The fourth-order valence-corrected chi connectivity index (χ4v) is 1.70. The molecule has 2 unspecified atom stereocenters. The summed E-state index contributed by atoms with van der Waals surface area (Å²) < 4.78 is 10.7. The van der Waals surface area contributed by atoms with E-state index in [9.17, 15) is 9.90 Å². The van der Waals surface area contributed by atoms with Crippen LogP contribution >= 0.6 is 0 Å². The molecule has 0 saturated heterocycles. The highest BCUT2D eigenvalue weighted by atomic mass is 16.6. The van der Waals surface area contributed by atoms with Gasteiger partial charge in [0.15, 0.2) is 6.10 Å². The van der Waals surface area contributed by atoms with Gasteiger partial charge in [-0.05, 0) is 38.0 Å². The summed E-state index contributed by atoms with van der Waals surface area (Å²) in [5.41, 5.74) is 0.848. The van der Waals surface area contributed by atoms with Crippen LogP contribution in [-0.4, -0.2) is 29.9 Å². The molecule has 19 heavy (non-hydrogen) atoms. The number of esters is 1. The van der Waals surface area contributed by atoms with E-state index < -0.39 is 6.10 Å². The third kappa shape index (κ3) is 5.30. The molecular weight excluding hydrogens is 244 g/mol. The van der Waals surface area contributed by atoms with Crippen molar-refractivity contribution in [2.75, 3.05) is 6.61 Å². The van der Waals surface area contributed by atoms with Crippen LogP contribution in [0.2, 0.25) is 0 Å². The van der Waals surface area contributed by atoms with Crippen LogP contribution in [0.15, 0.2) is 24.3 Å². The maximum atomic E-state index is 11.9. The van der Waals surface area contributed by atoms with Gasteiger partial charge in [-0.1, -0.05) is 19.1 Å². The number of carbonyl (C=O) groups excluding carboxylic acids is 1. The minimum atomic E-state index is -0.628. The van der Waals surface area contributed by atoms with Gasteiger partial charge in [0, 0.05) is 6.42 Å². The highest BCUT2D eigenvalue weighted by Gasteiger charge is 2.23. The highest BCUT2D eigenvalue weighted by Crippen LogP contribution is 2.16. The number of hydrogen-bond acceptors (Lipinski definition) is 4. The van der Waals surface area contributed by atoms with Crippen molar-refractivity contribution < 1.29 is 19.4 Å². The molecule has 0 aliphatic heterocycles. The molecule has 1 rings (SSSR count). The third-order valence-electron chi connectivity index (χ3n) is 2.85. The number of benzene rings is 1. The van der Waals surface area contributed by atoms with Crippen molar-refractivity contribution in [1.82, 2.24) is 0 Å². The average Bonchev–Trinajstić information content (AvgIpc) is 2.38. The Labute approximate surface area is 114 Å². The molecule has 106 valence electrons. The van der Waals surface area contributed by atoms with Gasteiger partial charge >= 0.3 is 5.97 Å². The number of phenols is 1. The van der Waals surface area contributed by atoms with Crippen LogP contribution in [0.25, 0.3) is 0 Å². The van der Waals surface area contributed by atoms with Crippen LogP contribution in [0.1, 0.15) is 32.8 Å². The Balaban J connectivity index is 2.75. The molecule has 0 saturated carbocycles. The molecule has 0 radical (unpaired) electrons. The van der Waals surface area contributed by atoms with Gasteiger partial charge in [-0.2, -0.15) is 0 Å². The molecule has 0 heterocycles. The fourth-order valence-electron chi connectivity index (χ4n) is 1.70. The van der Waals surface area contributed by atoms with E-state index in [1.54, 1.807) is 25.1 Å². The minimum absolute atomic E-state index is 0.00767. The number of ether oxygens (including phenoxy) is 2. The summed E-state index contributed by atoms with van der Waals surface area (Å²) in [5, 5.41) is 9.44. The first-order chi connectivity index (χ1) is 9.06. The quantitative estimate of drug-likeness (QED) is 0.771. The topological polar surface area (TPSA) is 55.8 Å². The maximum Gasteiger partial charge on any atom is 0.335 e. The zero-order chi connectivity index (χ0) is 14.3. The summed E-state index contributed by atoms with van der Waals surface area (Å²) in [6.07, 6.45) is 0.594. The Bertz CT molecular complexity index is 403. The SMILES string of the molecule is CCOC(=O)C(Cc1cccc(O)c1)OC(C)CC. The van der Waals surface area contributed by atoms with Crippen LogP contribution < -0.4 is 0 Å². The Morgan fingerprint density at radius 1 is 1.37 bits per heavy atom. The van der Waals surface area contributed by atoms with Crippen molar-refractivity contribution in [3.8, 4) is 5.75 Å².